The topological polar surface area (TPSA) is 0 Å². The van der Waals surface area contributed by atoms with Crippen LogP contribution in [-0.4, -0.2) is 8.07 Å². The molecule has 1 aliphatic carbocycles. The molecule has 1 aliphatic rings. The summed E-state index contributed by atoms with van der Waals surface area (Å²) in [6, 6.07) is 65.4. The number of allylic oxidation sites excluding steroid dienone is 4. The van der Waals surface area contributed by atoms with Crippen molar-refractivity contribution in [1.29, 1.82) is 0 Å². The van der Waals surface area contributed by atoms with Gasteiger partial charge in [-0.25, -0.2) is 0 Å². The summed E-state index contributed by atoms with van der Waals surface area (Å²) < 4.78 is 1.50. The number of aryl methyl sites for hydroxylation is 12. The van der Waals surface area contributed by atoms with E-state index in [0.717, 1.165) is 38.5 Å². The average Bonchev–Trinajstić information content (AvgIpc) is 1.36. The van der Waals surface area contributed by atoms with Crippen molar-refractivity contribution in [1.82, 2.24) is 0 Å². The van der Waals surface area contributed by atoms with E-state index in [2.05, 4.69) is 295 Å². The second-order valence-electron chi connectivity index (χ2n) is 25.5. The van der Waals surface area contributed by atoms with Crippen LogP contribution >= 0.6 is 0 Å². The van der Waals surface area contributed by atoms with E-state index in [-0.39, 0.29) is 42.3 Å². The molecule has 5 heteroatoms. The van der Waals surface area contributed by atoms with Crippen molar-refractivity contribution in [2.24, 2.45) is 0 Å². The minimum atomic E-state index is -3.50. The van der Waals surface area contributed by atoms with Crippen LogP contribution in [0.5, 0.6) is 0 Å². The maximum Gasteiger partial charge on any atom is -1.00 e. The van der Waals surface area contributed by atoms with Crippen molar-refractivity contribution >= 4 is 23.6 Å². The standard InChI is InChI=1S/C81H87Si.3ClH.Ti/c1-51-23-17-24-52(2)75(51)44-66-35-67(45-76-53(3)25-18-26-54(76)4)39-72(38-66)82(81(16)50-63(13)64(14)65(81)15,73-40-68(46-77-55(5)27-19-28-56(77)6)36-69(41-73)47-78-57(7)29-20-30-58(78)8)74-42-70(48-79-59(9)31-21-32-60(79)10)37-71(43-74)49-80-61(11)33-22-34-62(80)12;;;;/h17-43H,44-49H2,1-16H3;3*1H;/q;;;;+3/p-3. The zero-order chi connectivity index (χ0) is 59.2. The summed E-state index contributed by atoms with van der Waals surface area (Å²) >= 11 is 2.52. The van der Waals surface area contributed by atoms with Gasteiger partial charge in [-0.1, -0.05) is 0 Å². The molecular formula is C81H87Cl3SiTi. The van der Waals surface area contributed by atoms with Crippen LogP contribution in [0.3, 0.4) is 0 Å². The molecule has 0 fully saturated rings. The quantitative estimate of drug-likeness (QED) is 0.0669. The second-order valence-corrected chi connectivity index (χ2v) is 30.5. The second kappa shape index (κ2) is 27.8. The van der Waals surface area contributed by atoms with Crippen LogP contribution < -0.4 is 52.8 Å². The summed E-state index contributed by atoms with van der Waals surface area (Å²) in [5.41, 5.74) is 37.5. The van der Waals surface area contributed by atoms with Gasteiger partial charge in [0.05, 0.1) is 0 Å². The Morgan fingerprint density at radius 3 is 0.605 bits per heavy atom. The van der Waals surface area contributed by atoms with Crippen LogP contribution in [-0.2, 0) is 59.0 Å². The van der Waals surface area contributed by atoms with Gasteiger partial charge < -0.3 is 37.2 Å². The van der Waals surface area contributed by atoms with Crippen molar-refractivity contribution in [3.8, 4) is 0 Å². The SMILES string of the molecule is CC1=C(C)C(C)([Si](c2cc(Cc3c(C)cccc3C)cc(Cc3c(C)cccc3C)c2)(c2cc(Cc3c(C)cccc3C)cc(Cc3c(C)cccc3C)c2)c2cc(Cc3c(C)cccc3C)cc(Cc3c(C)cccc3C)c2)[C]([Ti+3])=C1C.[Cl-].[Cl-].[Cl-]. The van der Waals surface area contributed by atoms with Gasteiger partial charge >= 0.3 is 516 Å². The predicted octanol–water partition coefficient (Wildman–Crippen LogP) is 9.35. The Labute approximate surface area is 549 Å². The van der Waals surface area contributed by atoms with Gasteiger partial charge in [0.15, 0.2) is 0 Å². The molecule has 0 saturated carbocycles. The van der Waals surface area contributed by atoms with Crippen LogP contribution in [0.2, 0.25) is 5.04 Å². The molecule has 9 aromatic carbocycles. The Morgan fingerprint density at radius 2 is 0.453 bits per heavy atom. The maximum atomic E-state index is 2.74. The van der Waals surface area contributed by atoms with E-state index in [1.165, 1.54) is 170 Å². The molecule has 0 spiro atoms. The summed E-state index contributed by atoms with van der Waals surface area (Å²) in [5.74, 6) is 0. The molecule has 0 bridgehead atoms. The molecule has 0 N–H and O–H groups in total. The number of halogens is 3. The maximum absolute atomic E-state index is 3.50. The fourth-order valence-corrected chi connectivity index (χ4v) is 22.7. The normalized spacial score (nSPS) is 14.1. The van der Waals surface area contributed by atoms with E-state index < -0.39 is 8.07 Å². The third kappa shape index (κ3) is 13.0. The average molecular weight is 1240 g/mol. The molecule has 1 unspecified atom stereocenters. The Balaban J connectivity index is 0.00000353. The molecule has 86 heavy (non-hydrogen) atoms. The van der Waals surface area contributed by atoms with E-state index in [1.807, 2.05) is 0 Å². The first-order chi connectivity index (χ1) is 39.6. The summed E-state index contributed by atoms with van der Waals surface area (Å²) in [5, 5.41) is 4.11. The van der Waals surface area contributed by atoms with Crippen molar-refractivity contribution < 1.29 is 57.7 Å². The Morgan fingerprint density at radius 1 is 0.279 bits per heavy atom. The van der Waals surface area contributed by atoms with Crippen molar-refractivity contribution in [3.05, 3.63) is 318 Å². The van der Waals surface area contributed by atoms with Crippen LogP contribution in [0.4, 0.5) is 0 Å². The van der Waals surface area contributed by atoms with Crippen LogP contribution in [0.1, 0.15) is 161 Å². The van der Waals surface area contributed by atoms with Gasteiger partial charge in [-0.3, -0.25) is 0 Å². The van der Waals surface area contributed by atoms with Crippen molar-refractivity contribution in [3.63, 3.8) is 0 Å². The van der Waals surface area contributed by atoms with Crippen molar-refractivity contribution in [2.45, 2.75) is 154 Å². The Hall–Kier alpha value is -5.74. The molecule has 0 aromatic heterocycles. The van der Waals surface area contributed by atoms with E-state index in [0.29, 0.717) is 0 Å². The third-order valence-electron chi connectivity index (χ3n) is 20.1. The first kappa shape index (κ1) is 67.8. The van der Waals surface area contributed by atoms with Gasteiger partial charge in [-0.15, -0.1) is 0 Å². The summed E-state index contributed by atoms with van der Waals surface area (Å²) in [4.78, 5) is 0. The smallest absolute Gasteiger partial charge is 1.00 e. The molecule has 0 radical (unpaired) electrons. The van der Waals surface area contributed by atoms with Crippen molar-refractivity contribution in [2.75, 3.05) is 0 Å². The van der Waals surface area contributed by atoms with Gasteiger partial charge in [0.2, 0.25) is 0 Å². The van der Waals surface area contributed by atoms with Crippen LogP contribution in [0.25, 0.3) is 0 Å². The molecule has 0 saturated heterocycles. The zero-order valence-corrected chi connectivity index (χ0v) is 58.8. The summed E-state index contributed by atoms with van der Waals surface area (Å²) in [6.07, 6.45) is 5.19. The van der Waals surface area contributed by atoms with Crippen LogP contribution in [0, 0.1) is 83.1 Å². The van der Waals surface area contributed by atoms with E-state index in [4.69, 9.17) is 0 Å². The Bertz CT molecular complexity index is 3350. The number of hydrogen-bond donors (Lipinski definition) is 0. The molecule has 0 heterocycles. The third-order valence-corrected chi connectivity index (χ3v) is 27.5. The fraction of sp³-hybridized carbons (Fsp3) is 0.284. The minimum Gasteiger partial charge on any atom is -1.00 e. The van der Waals surface area contributed by atoms with E-state index >= 15 is 0 Å². The van der Waals surface area contributed by atoms with E-state index in [9.17, 15) is 0 Å². The van der Waals surface area contributed by atoms with Gasteiger partial charge in [0.1, 0.15) is 0 Å². The molecule has 10 rings (SSSR count). The molecule has 9 aromatic rings. The zero-order valence-electron chi connectivity index (χ0n) is 54.0. The minimum absolute atomic E-state index is 0. The van der Waals surface area contributed by atoms with Gasteiger partial charge in [0.25, 0.3) is 0 Å². The number of benzene rings is 9. The summed E-state index contributed by atoms with van der Waals surface area (Å²) in [6.45, 7) is 37.9. The van der Waals surface area contributed by atoms with E-state index in [1.54, 1.807) is 0 Å². The molecule has 0 aliphatic heterocycles. The molecule has 440 valence electrons. The molecule has 1 atom stereocenters. The molecule has 0 nitrogen and oxygen atoms in total. The molecule has 0 amide bonds. The largest absolute Gasteiger partial charge is 1.00 e. The fourth-order valence-electron chi connectivity index (χ4n) is 14.8. The first-order valence-electron chi connectivity index (χ1n) is 30.4. The Kier molecular flexibility index (Phi) is 21.9. The predicted molar refractivity (Wildman–Crippen MR) is 356 cm³/mol. The number of rotatable bonds is 16. The summed E-state index contributed by atoms with van der Waals surface area (Å²) in [7, 11) is -3.50. The molecular weight excluding hydrogens is 1160 g/mol. The van der Waals surface area contributed by atoms with Crippen LogP contribution in [0.15, 0.2) is 184 Å². The monoisotopic (exact) mass is 1240 g/mol. The van der Waals surface area contributed by atoms with Gasteiger partial charge in [0, 0.05) is 0 Å². The van der Waals surface area contributed by atoms with Gasteiger partial charge in [-0.05, 0) is 0 Å². The van der Waals surface area contributed by atoms with Gasteiger partial charge in [-0.2, -0.15) is 0 Å². The number of hydrogen-bond acceptors (Lipinski definition) is 0. The first-order valence-corrected chi connectivity index (χ1v) is 33.2.